The lowest BCUT2D eigenvalue weighted by Gasteiger charge is -2.42. The smallest absolute Gasteiger partial charge is 0.321 e. The molecule has 2 heterocycles. The van der Waals surface area contributed by atoms with Gasteiger partial charge in [0, 0.05) is 7.11 Å². The van der Waals surface area contributed by atoms with E-state index in [0.29, 0.717) is 0 Å². The van der Waals surface area contributed by atoms with E-state index in [4.69, 9.17) is 30.5 Å². The molecule has 5 nitrogen and oxygen atoms in total. The van der Waals surface area contributed by atoms with E-state index in [1.165, 1.54) is 5.57 Å². The van der Waals surface area contributed by atoms with Gasteiger partial charge in [-0.05, 0) is 40.0 Å². The predicted molar refractivity (Wildman–Crippen MR) is 90.1 cm³/mol. The van der Waals surface area contributed by atoms with Gasteiger partial charge in [-0.3, -0.25) is 4.79 Å². The summed E-state index contributed by atoms with van der Waals surface area (Å²) < 4.78 is 23.3. The second-order valence-corrected chi connectivity index (χ2v) is 7.81. The maximum Gasteiger partial charge on any atom is 0.321 e. The third-order valence-corrected chi connectivity index (χ3v) is 5.85. The number of esters is 1. The topological polar surface area (TPSA) is 60.6 Å². The molecule has 1 saturated carbocycles. The van der Waals surface area contributed by atoms with E-state index in [9.17, 15) is 4.79 Å². The van der Waals surface area contributed by atoms with E-state index in [1.807, 2.05) is 0 Å². The van der Waals surface area contributed by atoms with Crippen LogP contribution in [-0.4, -0.2) is 55.1 Å². The van der Waals surface area contributed by atoms with Crippen LogP contribution in [0.15, 0.2) is 11.6 Å². The Morgan fingerprint density at radius 3 is 2.67 bits per heavy atom. The first kappa shape index (κ1) is 18.2. The molecule has 0 bridgehead atoms. The van der Waals surface area contributed by atoms with E-state index >= 15 is 0 Å². The minimum Gasteiger partial charge on any atom is -0.459 e. The number of ether oxygens (including phenoxy) is 4. The summed E-state index contributed by atoms with van der Waals surface area (Å²) in [4.78, 5) is 11.7. The molecule has 3 fully saturated rings. The molecule has 6 heteroatoms. The SMILES string of the molecule is CO[C@@H]1[C@H](OC(=O)CCl)CC[C@]2(CO2)[C@H]1[C@]1(C)O[C@@H]1CC=C(C)C. The van der Waals surface area contributed by atoms with Crippen LogP contribution in [0.5, 0.6) is 0 Å². The van der Waals surface area contributed by atoms with Crippen LogP contribution in [0.4, 0.5) is 0 Å². The van der Waals surface area contributed by atoms with Gasteiger partial charge >= 0.3 is 5.97 Å². The van der Waals surface area contributed by atoms with Crippen LogP contribution < -0.4 is 0 Å². The van der Waals surface area contributed by atoms with Gasteiger partial charge < -0.3 is 18.9 Å². The van der Waals surface area contributed by atoms with E-state index < -0.39 is 5.97 Å². The Kier molecular flexibility index (Phi) is 5.00. The molecule has 2 aliphatic heterocycles. The van der Waals surface area contributed by atoms with Gasteiger partial charge in [0.2, 0.25) is 0 Å². The zero-order valence-electron chi connectivity index (χ0n) is 14.8. The standard InChI is InChI=1S/C18H27ClO5/c1-11(2)5-6-13-17(3,24-13)16-15(21-4)12(23-14(20)9-19)7-8-18(16)10-22-18/h5,12-13,15-16H,6-10H2,1-4H3/t12-,13-,15-,16-,17-,18+/m1/s1. The van der Waals surface area contributed by atoms with Crippen LogP contribution in [0.25, 0.3) is 0 Å². The number of hydrogen-bond acceptors (Lipinski definition) is 5. The molecule has 0 radical (unpaired) electrons. The first-order valence-electron chi connectivity index (χ1n) is 8.59. The number of epoxide rings is 2. The molecular weight excluding hydrogens is 332 g/mol. The van der Waals surface area contributed by atoms with Crippen molar-refractivity contribution in [1.29, 1.82) is 0 Å². The molecule has 0 amide bonds. The van der Waals surface area contributed by atoms with Crippen LogP contribution in [0, 0.1) is 5.92 Å². The number of allylic oxidation sites excluding steroid dienone is 1. The summed E-state index contributed by atoms with van der Waals surface area (Å²) in [6.45, 7) is 7.03. The summed E-state index contributed by atoms with van der Waals surface area (Å²) in [6, 6.07) is 0. The Morgan fingerprint density at radius 2 is 2.12 bits per heavy atom. The minimum atomic E-state index is -0.405. The number of carbonyl (C=O) groups excluding carboxylic acids is 1. The largest absolute Gasteiger partial charge is 0.459 e. The highest BCUT2D eigenvalue weighted by Gasteiger charge is 2.72. The Balaban J connectivity index is 1.78. The number of carbonyl (C=O) groups is 1. The lowest BCUT2D eigenvalue weighted by Crippen LogP contribution is -2.55. The van der Waals surface area contributed by atoms with Crippen molar-refractivity contribution in [3.63, 3.8) is 0 Å². The Morgan fingerprint density at radius 1 is 1.42 bits per heavy atom. The molecule has 0 unspecified atom stereocenters. The van der Waals surface area contributed by atoms with Crippen LogP contribution in [0.2, 0.25) is 0 Å². The lowest BCUT2D eigenvalue weighted by molar-refractivity contribution is -0.169. The Hall–Kier alpha value is -0.620. The zero-order chi connectivity index (χ0) is 17.5. The fourth-order valence-corrected chi connectivity index (χ4v) is 4.33. The van der Waals surface area contributed by atoms with E-state index in [1.54, 1.807) is 7.11 Å². The third-order valence-electron chi connectivity index (χ3n) is 5.63. The molecule has 1 spiro atoms. The van der Waals surface area contributed by atoms with Crippen molar-refractivity contribution in [1.82, 2.24) is 0 Å². The van der Waals surface area contributed by atoms with Crippen LogP contribution in [0.3, 0.4) is 0 Å². The van der Waals surface area contributed by atoms with Gasteiger partial charge in [-0.2, -0.15) is 0 Å². The highest BCUT2D eigenvalue weighted by atomic mass is 35.5. The summed E-state index contributed by atoms with van der Waals surface area (Å²) in [5.74, 6) is -0.499. The molecule has 0 aromatic heterocycles. The van der Waals surface area contributed by atoms with Crippen molar-refractivity contribution in [2.45, 2.75) is 69.5 Å². The maximum absolute atomic E-state index is 11.7. The average Bonchev–Trinajstić information content (AvgIpc) is 3.45. The minimum absolute atomic E-state index is 0.0486. The van der Waals surface area contributed by atoms with Gasteiger partial charge in [0.15, 0.2) is 0 Å². The monoisotopic (exact) mass is 358 g/mol. The summed E-state index contributed by atoms with van der Waals surface area (Å²) in [6.07, 6.45) is 4.28. The summed E-state index contributed by atoms with van der Waals surface area (Å²) in [7, 11) is 1.66. The van der Waals surface area contributed by atoms with Gasteiger partial charge in [-0.1, -0.05) is 11.6 Å². The molecule has 3 rings (SSSR count). The second kappa shape index (κ2) is 6.60. The average molecular weight is 359 g/mol. The highest BCUT2D eigenvalue weighted by Crippen LogP contribution is 2.59. The molecule has 24 heavy (non-hydrogen) atoms. The summed E-state index contributed by atoms with van der Waals surface area (Å²) in [5, 5.41) is 0. The zero-order valence-corrected chi connectivity index (χ0v) is 15.6. The van der Waals surface area contributed by atoms with E-state index in [0.717, 1.165) is 25.9 Å². The number of alkyl halides is 1. The molecule has 0 aromatic carbocycles. The number of hydrogen-bond donors (Lipinski definition) is 0. The molecule has 6 atom stereocenters. The molecule has 0 N–H and O–H groups in total. The van der Waals surface area contributed by atoms with Crippen molar-refractivity contribution in [3.05, 3.63) is 11.6 Å². The molecule has 2 saturated heterocycles. The summed E-state index contributed by atoms with van der Waals surface area (Å²) in [5.41, 5.74) is 0.778. The first-order chi connectivity index (χ1) is 11.4. The Labute approximate surface area is 148 Å². The third kappa shape index (κ3) is 3.24. The van der Waals surface area contributed by atoms with Crippen molar-refractivity contribution in [3.8, 4) is 0 Å². The van der Waals surface area contributed by atoms with Crippen molar-refractivity contribution >= 4 is 17.6 Å². The second-order valence-electron chi connectivity index (χ2n) is 7.54. The Bertz CT molecular complexity index is 526. The van der Waals surface area contributed by atoms with Crippen molar-refractivity contribution < 1.29 is 23.7 Å². The summed E-state index contributed by atoms with van der Waals surface area (Å²) >= 11 is 5.59. The number of rotatable bonds is 6. The van der Waals surface area contributed by atoms with Gasteiger partial charge in [0.1, 0.15) is 29.3 Å². The normalized spacial score (nSPS) is 43.4. The van der Waals surface area contributed by atoms with Crippen LogP contribution in [-0.2, 0) is 23.7 Å². The van der Waals surface area contributed by atoms with Crippen molar-refractivity contribution in [2.24, 2.45) is 5.92 Å². The van der Waals surface area contributed by atoms with Crippen molar-refractivity contribution in [2.75, 3.05) is 19.6 Å². The van der Waals surface area contributed by atoms with Crippen LogP contribution in [0.1, 0.15) is 40.0 Å². The van der Waals surface area contributed by atoms with Gasteiger partial charge in [0.25, 0.3) is 0 Å². The van der Waals surface area contributed by atoms with Gasteiger partial charge in [0.05, 0.1) is 18.6 Å². The fraction of sp³-hybridized carbons (Fsp3) is 0.833. The quantitative estimate of drug-likeness (QED) is 0.316. The number of halogens is 1. The van der Waals surface area contributed by atoms with Crippen LogP contribution >= 0.6 is 11.6 Å². The van der Waals surface area contributed by atoms with E-state index in [2.05, 4.69) is 26.8 Å². The lowest BCUT2D eigenvalue weighted by atomic mass is 9.68. The van der Waals surface area contributed by atoms with Gasteiger partial charge in [-0.15, -0.1) is 11.6 Å². The molecule has 0 aromatic rings. The molecule has 1 aliphatic carbocycles. The first-order valence-corrected chi connectivity index (χ1v) is 9.13. The maximum atomic E-state index is 11.7. The van der Waals surface area contributed by atoms with Gasteiger partial charge in [-0.25, -0.2) is 0 Å². The molecule has 3 aliphatic rings. The molecule has 136 valence electrons. The molecular formula is C18H27ClO5. The fourth-order valence-electron chi connectivity index (χ4n) is 4.27. The number of methoxy groups -OCH3 is 1. The predicted octanol–water partition coefficient (Wildman–Crippen LogP) is 2.84. The van der Waals surface area contributed by atoms with E-state index in [-0.39, 0.29) is 41.3 Å². The highest BCUT2D eigenvalue weighted by molar-refractivity contribution is 6.26.